The van der Waals surface area contributed by atoms with Crippen molar-refractivity contribution in [3.63, 3.8) is 0 Å². The number of allylic oxidation sites excluding steroid dienone is 10. The number of carbonyl (C=O) groups is 3. The fraction of sp³-hybridized carbons (Fsp3) is 0.794. The fourth-order valence-corrected chi connectivity index (χ4v) is 8.49. The molecule has 0 N–H and O–H groups in total. The molecule has 6 heteroatoms. The molecule has 0 amide bonds. The summed E-state index contributed by atoms with van der Waals surface area (Å²) in [5, 5.41) is 0. The van der Waals surface area contributed by atoms with Crippen LogP contribution in [0.1, 0.15) is 303 Å². The van der Waals surface area contributed by atoms with Gasteiger partial charge in [0.2, 0.25) is 0 Å². The van der Waals surface area contributed by atoms with E-state index in [2.05, 4.69) is 81.5 Å². The van der Waals surface area contributed by atoms with Crippen molar-refractivity contribution >= 4 is 17.9 Å². The highest BCUT2D eigenvalue weighted by molar-refractivity contribution is 5.71. The SMILES string of the molecule is CCCCC/C=C\C/C=C\C/C=C\C/C=C\CCCC(=O)OC[C@H](COC(=O)CCCCCCCCCCCCCCCCCCCCC)OC(=O)CCCCCCC/C=C\CCCCCCCC. The number of unbranched alkanes of at least 4 members (excludes halogenated alkanes) is 33. The molecule has 0 aliphatic heterocycles. The summed E-state index contributed by atoms with van der Waals surface area (Å²) in [6.07, 6.45) is 72.2. The fourth-order valence-electron chi connectivity index (χ4n) is 8.49. The molecule has 0 aromatic heterocycles. The number of esters is 3. The summed E-state index contributed by atoms with van der Waals surface area (Å²) >= 11 is 0. The van der Waals surface area contributed by atoms with Gasteiger partial charge in [-0.15, -0.1) is 0 Å². The smallest absolute Gasteiger partial charge is 0.306 e. The van der Waals surface area contributed by atoms with Gasteiger partial charge in [0.05, 0.1) is 0 Å². The lowest BCUT2D eigenvalue weighted by atomic mass is 10.0. The zero-order valence-electron chi connectivity index (χ0n) is 45.8. The van der Waals surface area contributed by atoms with E-state index in [9.17, 15) is 14.4 Å². The highest BCUT2D eigenvalue weighted by Crippen LogP contribution is 2.16. The molecule has 0 aliphatic rings. The minimum Gasteiger partial charge on any atom is -0.462 e. The average Bonchev–Trinajstić information content (AvgIpc) is 3.35. The zero-order valence-corrected chi connectivity index (χ0v) is 45.8. The van der Waals surface area contributed by atoms with E-state index in [4.69, 9.17) is 14.2 Å². The molecule has 0 bridgehead atoms. The van der Waals surface area contributed by atoms with E-state index in [0.717, 1.165) is 77.0 Å². The van der Waals surface area contributed by atoms with Crippen LogP contribution in [-0.2, 0) is 28.6 Å². The molecule has 0 fully saturated rings. The van der Waals surface area contributed by atoms with Crippen LogP contribution in [0.3, 0.4) is 0 Å². The van der Waals surface area contributed by atoms with Crippen LogP contribution in [0.4, 0.5) is 0 Å². The number of rotatable bonds is 54. The summed E-state index contributed by atoms with van der Waals surface area (Å²) in [7, 11) is 0. The molecule has 6 nitrogen and oxygen atoms in total. The van der Waals surface area contributed by atoms with Crippen molar-refractivity contribution in [2.24, 2.45) is 0 Å². The normalized spacial score (nSPS) is 12.4. The Morgan fingerprint density at radius 2 is 0.536 bits per heavy atom. The number of carbonyl (C=O) groups excluding carboxylic acids is 3. The third kappa shape index (κ3) is 55.9. The van der Waals surface area contributed by atoms with Gasteiger partial charge in [-0.1, -0.05) is 261 Å². The standard InChI is InChI=1S/C63H112O6/c1-4-7-10-13-16-19-22-25-28-30-31-33-36-38-41-44-47-50-53-56-62(65)68-59-60(69-63(66)57-54-51-48-45-42-39-34-27-24-21-18-15-12-9-6-3)58-67-61(64)55-52-49-46-43-40-37-35-32-29-26-23-20-17-14-11-8-5-2/h17,20,26-27,29,34-35,37,43,46,60H,4-16,18-19,21-25,28,30-33,36,38-42,44-45,47-59H2,1-3H3/b20-17-,29-26-,34-27-,37-35-,46-43-/t60-/m1/s1. The molecular formula is C63H112O6. The monoisotopic (exact) mass is 965 g/mol. The van der Waals surface area contributed by atoms with Crippen LogP contribution in [0.25, 0.3) is 0 Å². The van der Waals surface area contributed by atoms with Gasteiger partial charge in [0.15, 0.2) is 6.10 Å². The van der Waals surface area contributed by atoms with Crippen molar-refractivity contribution in [2.45, 2.75) is 309 Å². The van der Waals surface area contributed by atoms with Crippen LogP contribution in [0.5, 0.6) is 0 Å². The van der Waals surface area contributed by atoms with Gasteiger partial charge in [0.1, 0.15) is 13.2 Å². The second-order valence-corrected chi connectivity index (χ2v) is 19.9. The maximum absolute atomic E-state index is 12.9. The lowest BCUT2D eigenvalue weighted by molar-refractivity contribution is -0.167. The van der Waals surface area contributed by atoms with E-state index in [1.807, 2.05) is 0 Å². The quantitative estimate of drug-likeness (QED) is 0.0262. The molecule has 0 aliphatic carbocycles. The second-order valence-electron chi connectivity index (χ2n) is 19.9. The van der Waals surface area contributed by atoms with Crippen molar-refractivity contribution in [3.8, 4) is 0 Å². The Hall–Kier alpha value is -2.89. The van der Waals surface area contributed by atoms with Crippen LogP contribution in [0.2, 0.25) is 0 Å². The van der Waals surface area contributed by atoms with E-state index >= 15 is 0 Å². The summed E-state index contributed by atoms with van der Waals surface area (Å²) in [5.74, 6) is -0.945. The third-order valence-corrected chi connectivity index (χ3v) is 13.0. The Morgan fingerprint density at radius 1 is 0.290 bits per heavy atom. The second kappa shape index (κ2) is 57.7. The molecule has 0 spiro atoms. The summed E-state index contributed by atoms with van der Waals surface area (Å²) < 4.78 is 16.8. The van der Waals surface area contributed by atoms with Gasteiger partial charge in [0.25, 0.3) is 0 Å². The highest BCUT2D eigenvalue weighted by atomic mass is 16.6. The molecule has 1 atom stereocenters. The number of ether oxygens (including phenoxy) is 3. The molecule has 0 saturated heterocycles. The summed E-state index contributed by atoms with van der Waals surface area (Å²) in [5.41, 5.74) is 0. The van der Waals surface area contributed by atoms with Gasteiger partial charge in [-0.2, -0.15) is 0 Å². The van der Waals surface area contributed by atoms with E-state index in [-0.39, 0.29) is 37.5 Å². The van der Waals surface area contributed by atoms with Gasteiger partial charge in [0, 0.05) is 19.3 Å². The predicted octanol–water partition coefficient (Wildman–Crippen LogP) is 20.0. The Balaban J connectivity index is 4.42. The Kier molecular flexibility index (Phi) is 55.3. The predicted molar refractivity (Wildman–Crippen MR) is 298 cm³/mol. The lowest BCUT2D eigenvalue weighted by Gasteiger charge is -2.18. The van der Waals surface area contributed by atoms with Gasteiger partial charge >= 0.3 is 17.9 Å². The van der Waals surface area contributed by atoms with Gasteiger partial charge < -0.3 is 14.2 Å². The molecule has 0 aromatic carbocycles. The first kappa shape index (κ1) is 66.1. The summed E-state index contributed by atoms with van der Waals surface area (Å²) in [6.45, 7) is 6.59. The Morgan fingerprint density at radius 3 is 0.913 bits per heavy atom. The molecule has 400 valence electrons. The molecule has 0 unspecified atom stereocenters. The Labute approximate surface area is 428 Å². The Bertz CT molecular complexity index is 1250. The van der Waals surface area contributed by atoms with Crippen molar-refractivity contribution < 1.29 is 28.6 Å². The van der Waals surface area contributed by atoms with E-state index in [1.165, 1.54) is 180 Å². The molecule has 0 radical (unpaired) electrons. The highest BCUT2D eigenvalue weighted by Gasteiger charge is 2.19. The van der Waals surface area contributed by atoms with Crippen LogP contribution >= 0.6 is 0 Å². The summed E-state index contributed by atoms with van der Waals surface area (Å²) in [4.78, 5) is 38.2. The van der Waals surface area contributed by atoms with Gasteiger partial charge in [-0.05, 0) is 83.5 Å². The maximum Gasteiger partial charge on any atom is 0.306 e. The van der Waals surface area contributed by atoms with Crippen molar-refractivity contribution in [3.05, 3.63) is 60.8 Å². The molecule has 69 heavy (non-hydrogen) atoms. The number of hydrogen-bond acceptors (Lipinski definition) is 6. The minimum absolute atomic E-state index is 0.0917. The summed E-state index contributed by atoms with van der Waals surface area (Å²) in [6, 6.07) is 0. The first-order valence-corrected chi connectivity index (χ1v) is 29.8. The maximum atomic E-state index is 12.9. The van der Waals surface area contributed by atoms with Crippen molar-refractivity contribution in [1.29, 1.82) is 0 Å². The van der Waals surface area contributed by atoms with Gasteiger partial charge in [-0.25, -0.2) is 0 Å². The van der Waals surface area contributed by atoms with E-state index in [0.29, 0.717) is 19.3 Å². The molecule has 0 heterocycles. The van der Waals surface area contributed by atoms with E-state index < -0.39 is 6.10 Å². The largest absolute Gasteiger partial charge is 0.462 e. The van der Waals surface area contributed by atoms with Crippen LogP contribution in [0.15, 0.2) is 60.8 Å². The van der Waals surface area contributed by atoms with Crippen LogP contribution < -0.4 is 0 Å². The molecule has 0 saturated carbocycles. The van der Waals surface area contributed by atoms with E-state index in [1.54, 1.807) is 0 Å². The lowest BCUT2D eigenvalue weighted by Crippen LogP contribution is -2.30. The molecule has 0 rings (SSSR count). The average molecular weight is 966 g/mol. The van der Waals surface area contributed by atoms with Crippen LogP contribution in [0, 0.1) is 0 Å². The van der Waals surface area contributed by atoms with Crippen molar-refractivity contribution in [1.82, 2.24) is 0 Å². The number of hydrogen-bond donors (Lipinski definition) is 0. The zero-order chi connectivity index (χ0) is 50.0. The molecule has 0 aromatic rings. The van der Waals surface area contributed by atoms with Crippen molar-refractivity contribution in [2.75, 3.05) is 13.2 Å². The third-order valence-electron chi connectivity index (χ3n) is 13.0. The van der Waals surface area contributed by atoms with Gasteiger partial charge in [-0.3, -0.25) is 14.4 Å². The topological polar surface area (TPSA) is 78.9 Å². The first-order valence-electron chi connectivity index (χ1n) is 29.8. The van der Waals surface area contributed by atoms with Crippen LogP contribution in [-0.4, -0.2) is 37.2 Å². The minimum atomic E-state index is -0.799. The first-order chi connectivity index (χ1) is 34.0. The molecular weight excluding hydrogens is 853 g/mol.